The number of pyridine rings is 1. The molecule has 4 heterocycles. The standard InChI is InChI=1S/C20H13N7O4S/c1-10(28)22-15-7-12(17-25-24-16(30-17)11-5-3-2-4-6-11)13(8-21-15)19-23-14(9-32-19)18-26-27-20(29)31-18/h2-9H,1H3,(H,27,29)(H,21,22,28). The van der Waals surface area contributed by atoms with E-state index in [0.717, 1.165) is 5.56 Å². The van der Waals surface area contributed by atoms with Crippen LogP contribution in [-0.2, 0) is 4.79 Å². The summed E-state index contributed by atoms with van der Waals surface area (Å²) in [4.78, 5) is 31.5. The molecule has 1 aromatic carbocycles. The molecule has 4 aromatic heterocycles. The van der Waals surface area contributed by atoms with Crippen LogP contribution >= 0.6 is 11.3 Å². The van der Waals surface area contributed by atoms with Gasteiger partial charge < -0.3 is 14.2 Å². The Kier molecular flexibility index (Phi) is 4.88. The lowest BCUT2D eigenvalue weighted by molar-refractivity contribution is -0.114. The number of H-pyrrole nitrogens is 1. The minimum atomic E-state index is -0.670. The summed E-state index contributed by atoms with van der Waals surface area (Å²) in [6.07, 6.45) is 1.55. The number of anilines is 1. The summed E-state index contributed by atoms with van der Waals surface area (Å²) in [5.41, 5.74) is 2.28. The highest BCUT2D eigenvalue weighted by Gasteiger charge is 2.20. The predicted octanol–water partition coefficient (Wildman–Crippen LogP) is 3.22. The molecule has 0 saturated heterocycles. The lowest BCUT2D eigenvalue weighted by atomic mass is 10.1. The number of amides is 1. The van der Waals surface area contributed by atoms with Crippen molar-refractivity contribution in [1.82, 2.24) is 30.4 Å². The quantitative estimate of drug-likeness (QED) is 0.413. The van der Waals surface area contributed by atoms with Crippen molar-refractivity contribution in [2.24, 2.45) is 0 Å². The minimum Gasteiger partial charge on any atom is -0.416 e. The van der Waals surface area contributed by atoms with E-state index in [-0.39, 0.29) is 17.7 Å². The van der Waals surface area contributed by atoms with Crippen LogP contribution in [0.4, 0.5) is 5.82 Å². The Bertz CT molecular complexity index is 1470. The molecule has 1 amide bonds. The first kappa shape index (κ1) is 19.5. The van der Waals surface area contributed by atoms with E-state index in [1.54, 1.807) is 17.6 Å². The molecule has 0 atom stereocenters. The van der Waals surface area contributed by atoms with E-state index in [1.165, 1.54) is 18.3 Å². The second-order valence-electron chi connectivity index (χ2n) is 6.53. The Morgan fingerprint density at radius 2 is 1.88 bits per heavy atom. The summed E-state index contributed by atoms with van der Waals surface area (Å²) in [6, 6.07) is 11.0. The van der Waals surface area contributed by atoms with Crippen LogP contribution in [0.25, 0.3) is 45.1 Å². The SMILES string of the molecule is CC(=O)Nc1cc(-c2nnc(-c3ccccc3)o2)c(-c2nc(-c3n[nH]c(=O)o3)cs2)cn1. The van der Waals surface area contributed by atoms with E-state index in [4.69, 9.17) is 8.83 Å². The van der Waals surface area contributed by atoms with Gasteiger partial charge in [0.15, 0.2) is 0 Å². The molecule has 0 fully saturated rings. The molecular weight excluding hydrogens is 434 g/mol. The third-order valence-electron chi connectivity index (χ3n) is 4.28. The third kappa shape index (κ3) is 3.81. The fraction of sp³-hybridized carbons (Fsp3) is 0.0500. The highest BCUT2D eigenvalue weighted by atomic mass is 32.1. The number of aromatic amines is 1. The van der Waals surface area contributed by atoms with Crippen molar-refractivity contribution >= 4 is 23.1 Å². The molecule has 0 aliphatic heterocycles. The van der Waals surface area contributed by atoms with Gasteiger partial charge in [-0.05, 0) is 18.2 Å². The minimum absolute atomic E-state index is 0.0750. The zero-order chi connectivity index (χ0) is 22.1. The summed E-state index contributed by atoms with van der Waals surface area (Å²) < 4.78 is 10.9. The van der Waals surface area contributed by atoms with Crippen LogP contribution in [-0.4, -0.2) is 36.3 Å². The van der Waals surface area contributed by atoms with Gasteiger partial charge in [0.05, 0.1) is 5.56 Å². The van der Waals surface area contributed by atoms with Gasteiger partial charge in [0, 0.05) is 29.6 Å². The number of nitrogens with one attached hydrogen (secondary N) is 2. The summed E-state index contributed by atoms with van der Waals surface area (Å²) in [6.45, 7) is 1.39. The van der Waals surface area contributed by atoms with Gasteiger partial charge in [0.1, 0.15) is 16.5 Å². The van der Waals surface area contributed by atoms with Crippen molar-refractivity contribution < 1.29 is 13.6 Å². The van der Waals surface area contributed by atoms with Gasteiger partial charge in [-0.3, -0.25) is 4.79 Å². The first-order chi connectivity index (χ1) is 15.6. The van der Waals surface area contributed by atoms with Crippen molar-refractivity contribution in [3.63, 3.8) is 0 Å². The van der Waals surface area contributed by atoms with Gasteiger partial charge in [-0.25, -0.2) is 19.9 Å². The molecule has 0 spiro atoms. The van der Waals surface area contributed by atoms with E-state index < -0.39 is 5.76 Å². The van der Waals surface area contributed by atoms with E-state index in [2.05, 4.69) is 35.7 Å². The molecule has 0 unspecified atom stereocenters. The van der Waals surface area contributed by atoms with Gasteiger partial charge in [0.2, 0.25) is 17.7 Å². The molecule has 5 aromatic rings. The number of carbonyl (C=O) groups is 1. The highest BCUT2D eigenvalue weighted by molar-refractivity contribution is 7.13. The number of nitrogens with zero attached hydrogens (tertiary/aromatic N) is 5. The molecule has 32 heavy (non-hydrogen) atoms. The summed E-state index contributed by atoms with van der Waals surface area (Å²) in [5.74, 6) is 0.0444. The molecule has 5 rings (SSSR count). The Balaban J connectivity index is 1.59. The first-order valence-corrected chi connectivity index (χ1v) is 10.1. The van der Waals surface area contributed by atoms with Crippen LogP contribution in [0.2, 0.25) is 0 Å². The molecule has 0 aliphatic rings. The van der Waals surface area contributed by atoms with Crippen molar-refractivity contribution in [3.05, 3.63) is 58.5 Å². The molecule has 12 heteroatoms. The van der Waals surface area contributed by atoms with Crippen LogP contribution in [0.1, 0.15) is 6.92 Å². The smallest absolute Gasteiger partial charge is 0.416 e. The summed E-state index contributed by atoms with van der Waals surface area (Å²) in [7, 11) is 0. The maximum absolute atomic E-state index is 11.5. The van der Waals surface area contributed by atoms with Crippen LogP contribution in [0.15, 0.2) is 61.6 Å². The second kappa shape index (κ2) is 8.00. The predicted molar refractivity (Wildman–Crippen MR) is 114 cm³/mol. The van der Waals surface area contributed by atoms with Crippen molar-refractivity contribution in [2.75, 3.05) is 5.32 Å². The van der Waals surface area contributed by atoms with Gasteiger partial charge in [-0.15, -0.1) is 26.6 Å². The van der Waals surface area contributed by atoms with Crippen LogP contribution in [0.3, 0.4) is 0 Å². The van der Waals surface area contributed by atoms with Gasteiger partial charge in [-0.1, -0.05) is 18.2 Å². The maximum atomic E-state index is 11.5. The van der Waals surface area contributed by atoms with E-state index in [1.807, 2.05) is 30.3 Å². The number of benzene rings is 1. The zero-order valence-corrected chi connectivity index (χ0v) is 17.2. The zero-order valence-electron chi connectivity index (χ0n) is 16.4. The molecule has 0 saturated carbocycles. The number of hydrogen-bond donors (Lipinski definition) is 2. The Labute approximate surface area is 183 Å². The third-order valence-corrected chi connectivity index (χ3v) is 5.15. The average Bonchev–Trinajstić information content (AvgIpc) is 3.54. The number of rotatable bonds is 5. The molecule has 0 aliphatic carbocycles. The second-order valence-corrected chi connectivity index (χ2v) is 7.39. The Morgan fingerprint density at radius 3 is 2.62 bits per heavy atom. The van der Waals surface area contributed by atoms with Crippen molar-refractivity contribution in [1.29, 1.82) is 0 Å². The molecule has 158 valence electrons. The lowest BCUT2D eigenvalue weighted by Gasteiger charge is -2.07. The topological polar surface area (TPSA) is 153 Å². The monoisotopic (exact) mass is 447 g/mol. The van der Waals surface area contributed by atoms with E-state index in [9.17, 15) is 9.59 Å². The Hall–Kier alpha value is -4.45. The van der Waals surface area contributed by atoms with Crippen LogP contribution in [0, 0.1) is 0 Å². The number of hydrogen-bond acceptors (Lipinski definition) is 10. The molecule has 2 N–H and O–H groups in total. The highest BCUT2D eigenvalue weighted by Crippen LogP contribution is 2.36. The Morgan fingerprint density at radius 1 is 1.06 bits per heavy atom. The summed E-state index contributed by atoms with van der Waals surface area (Å²) >= 11 is 1.29. The number of carbonyl (C=O) groups excluding carboxylic acids is 1. The molecular formula is C20H13N7O4S. The summed E-state index contributed by atoms with van der Waals surface area (Å²) in [5, 5.41) is 19.2. The maximum Gasteiger partial charge on any atom is 0.434 e. The van der Waals surface area contributed by atoms with E-state index in [0.29, 0.717) is 33.5 Å². The normalized spacial score (nSPS) is 10.9. The van der Waals surface area contributed by atoms with Crippen molar-refractivity contribution in [3.8, 4) is 45.1 Å². The largest absolute Gasteiger partial charge is 0.434 e. The number of aromatic nitrogens is 6. The van der Waals surface area contributed by atoms with Gasteiger partial charge in [0.25, 0.3) is 5.89 Å². The molecule has 0 radical (unpaired) electrons. The molecule has 11 nitrogen and oxygen atoms in total. The lowest BCUT2D eigenvalue weighted by Crippen LogP contribution is -2.07. The van der Waals surface area contributed by atoms with Gasteiger partial charge in [-0.2, -0.15) is 0 Å². The van der Waals surface area contributed by atoms with Crippen LogP contribution < -0.4 is 11.1 Å². The van der Waals surface area contributed by atoms with E-state index >= 15 is 0 Å². The van der Waals surface area contributed by atoms with Crippen molar-refractivity contribution in [2.45, 2.75) is 6.92 Å². The van der Waals surface area contributed by atoms with Crippen LogP contribution in [0.5, 0.6) is 0 Å². The fourth-order valence-corrected chi connectivity index (χ4v) is 3.73. The molecule has 0 bridgehead atoms. The average molecular weight is 447 g/mol. The number of thiazole rings is 1. The fourth-order valence-electron chi connectivity index (χ4n) is 2.92. The first-order valence-electron chi connectivity index (χ1n) is 9.25. The van der Waals surface area contributed by atoms with Gasteiger partial charge >= 0.3 is 5.76 Å².